The maximum atomic E-state index is 15.2. The monoisotopic (exact) mass is 528 g/mol. The van der Waals surface area contributed by atoms with Gasteiger partial charge in [-0.1, -0.05) is 32.9 Å². The highest BCUT2D eigenvalue weighted by atomic mass is 19.1. The smallest absolute Gasteiger partial charge is 0.341 e. The lowest BCUT2D eigenvalue weighted by Crippen LogP contribution is -2.24. The number of carboxylic acids is 1. The number of hydrogen-bond donors (Lipinski definition) is 3. The molecule has 0 radical (unpaired) electrons. The van der Waals surface area contributed by atoms with E-state index in [1.54, 1.807) is 48.7 Å². The predicted molar refractivity (Wildman–Crippen MR) is 144 cm³/mol. The summed E-state index contributed by atoms with van der Waals surface area (Å²) in [5.41, 5.74) is 0.325. The molecule has 11 heteroatoms. The molecule has 0 saturated carbocycles. The Morgan fingerprint density at radius 3 is 2.54 bits per heavy atom. The van der Waals surface area contributed by atoms with Crippen LogP contribution in [0.25, 0.3) is 22.1 Å². The van der Waals surface area contributed by atoms with Gasteiger partial charge in [0.1, 0.15) is 17.2 Å². The summed E-state index contributed by atoms with van der Waals surface area (Å²) in [6, 6.07) is 13.0. The molecule has 39 heavy (non-hydrogen) atoms. The third-order valence-corrected chi connectivity index (χ3v) is 6.32. The summed E-state index contributed by atoms with van der Waals surface area (Å²) in [5, 5.41) is 31.8. The molecule has 0 unspecified atom stereocenters. The van der Waals surface area contributed by atoms with Crippen LogP contribution in [0.5, 0.6) is 0 Å². The van der Waals surface area contributed by atoms with E-state index in [1.807, 2.05) is 20.8 Å². The lowest BCUT2D eigenvalue weighted by atomic mass is 9.86. The van der Waals surface area contributed by atoms with E-state index in [4.69, 9.17) is 0 Å². The van der Waals surface area contributed by atoms with Crippen molar-refractivity contribution in [2.24, 2.45) is 0 Å². The van der Waals surface area contributed by atoms with Gasteiger partial charge in [0, 0.05) is 23.3 Å². The number of aliphatic hydroxyl groups excluding tert-OH is 1. The zero-order valence-corrected chi connectivity index (χ0v) is 21.4. The average molecular weight is 529 g/mol. The van der Waals surface area contributed by atoms with E-state index in [2.05, 4.69) is 20.5 Å². The van der Waals surface area contributed by atoms with E-state index in [-0.39, 0.29) is 33.4 Å². The zero-order valence-electron chi connectivity index (χ0n) is 21.4. The van der Waals surface area contributed by atoms with E-state index >= 15 is 4.39 Å². The molecule has 3 aromatic heterocycles. The van der Waals surface area contributed by atoms with Crippen molar-refractivity contribution in [2.75, 3.05) is 5.32 Å². The maximum absolute atomic E-state index is 15.2. The van der Waals surface area contributed by atoms with Crippen LogP contribution >= 0.6 is 0 Å². The van der Waals surface area contributed by atoms with Crippen molar-refractivity contribution >= 4 is 28.4 Å². The Bertz CT molecular complexity index is 1770. The summed E-state index contributed by atoms with van der Waals surface area (Å²) in [4.78, 5) is 29.5. The Morgan fingerprint density at radius 1 is 1.10 bits per heavy atom. The molecule has 2 aromatic carbocycles. The topological polar surface area (TPSA) is 135 Å². The lowest BCUT2D eigenvalue weighted by Gasteiger charge is -2.20. The fraction of sp³-hybridized carbons (Fsp3) is 0.179. The molecule has 5 aromatic rings. The number of pyridine rings is 1. The molecular formula is C28H25FN6O4. The van der Waals surface area contributed by atoms with Crippen LogP contribution in [-0.2, 0) is 12.0 Å². The summed E-state index contributed by atoms with van der Waals surface area (Å²) in [6.07, 6.45) is 4.25. The third kappa shape index (κ3) is 4.75. The van der Waals surface area contributed by atoms with Crippen molar-refractivity contribution in [2.45, 2.75) is 32.8 Å². The molecule has 0 bridgehead atoms. The standard InChI is InChI=1S/C28H25FN6O4/c1-28(2,3)17-11-16-13-31-35(26(37)24(16)20(29)12-17)22-8-6-7-21(19(22)15-36)34-14-18(27(38)39)25(33-34)32-23-9-4-5-10-30-23/h4-14,36H,15H2,1-3H3,(H,38,39)(H,30,32,33). The van der Waals surface area contributed by atoms with Gasteiger partial charge >= 0.3 is 5.97 Å². The summed E-state index contributed by atoms with van der Waals surface area (Å²) in [7, 11) is 0. The van der Waals surface area contributed by atoms with Crippen LogP contribution in [-0.4, -0.2) is 40.7 Å². The lowest BCUT2D eigenvalue weighted by molar-refractivity contribution is 0.0698. The first-order valence-electron chi connectivity index (χ1n) is 12.0. The number of hydrogen-bond acceptors (Lipinski definition) is 7. The number of aromatic nitrogens is 5. The Kier molecular flexibility index (Phi) is 6.44. The van der Waals surface area contributed by atoms with Crippen LogP contribution < -0.4 is 10.9 Å². The van der Waals surface area contributed by atoms with Gasteiger partial charge in [-0.15, -0.1) is 5.10 Å². The number of benzene rings is 2. The molecule has 198 valence electrons. The molecule has 0 amide bonds. The van der Waals surface area contributed by atoms with Crippen molar-refractivity contribution in [3.8, 4) is 11.4 Å². The van der Waals surface area contributed by atoms with Crippen LogP contribution in [0.15, 0.2) is 71.9 Å². The molecular weight excluding hydrogens is 503 g/mol. The molecule has 0 fully saturated rings. The van der Waals surface area contributed by atoms with Gasteiger partial charge in [0.25, 0.3) is 5.56 Å². The first kappa shape index (κ1) is 25.7. The third-order valence-electron chi connectivity index (χ3n) is 6.32. The Hall–Kier alpha value is -4.90. The van der Waals surface area contributed by atoms with Gasteiger partial charge < -0.3 is 15.5 Å². The van der Waals surface area contributed by atoms with Crippen molar-refractivity contribution in [1.82, 2.24) is 24.5 Å². The van der Waals surface area contributed by atoms with Crippen LogP contribution in [0.1, 0.15) is 42.3 Å². The SMILES string of the molecule is CC(C)(C)c1cc(F)c2c(=O)n(-c3cccc(-n4cc(C(=O)O)c(Nc5ccccn5)n4)c3CO)ncc2c1. The minimum absolute atomic E-state index is 0.0354. The minimum atomic E-state index is -1.22. The Balaban J connectivity index is 1.65. The highest BCUT2D eigenvalue weighted by molar-refractivity contribution is 5.94. The van der Waals surface area contributed by atoms with E-state index in [0.717, 1.165) is 10.2 Å². The Morgan fingerprint density at radius 2 is 1.87 bits per heavy atom. The molecule has 0 aliphatic carbocycles. The van der Waals surface area contributed by atoms with Gasteiger partial charge in [-0.3, -0.25) is 4.79 Å². The number of nitrogens with zero attached hydrogens (tertiary/aromatic N) is 5. The summed E-state index contributed by atoms with van der Waals surface area (Å²) < 4.78 is 17.5. The van der Waals surface area contributed by atoms with Gasteiger partial charge in [-0.2, -0.15) is 9.78 Å². The van der Waals surface area contributed by atoms with Crippen LogP contribution in [0, 0.1) is 5.82 Å². The van der Waals surface area contributed by atoms with E-state index in [1.165, 1.54) is 23.1 Å². The number of aromatic carboxylic acids is 1. The number of rotatable bonds is 6. The fourth-order valence-electron chi connectivity index (χ4n) is 4.28. The number of aliphatic hydroxyl groups is 1. The molecule has 0 atom stereocenters. The molecule has 3 heterocycles. The van der Waals surface area contributed by atoms with E-state index < -0.39 is 24.0 Å². The van der Waals surface area contributed by atoms with Crippen LogP contribution in [0.2, 0.25) is 0 Å². The van der Waals surface area contributed by atoms with Gasteiger partial charge in [0.15, 0.2) is 5.82 Å². The first-order chi connectivity index (χ1) is 18.6. The summed E-state index contributed by atoms with van der Waals surface area (Å²) in [6.45, 7) is 5.31. The second kappa shape index (κ2) is 9.76. The number of halogens is 1. The average Bonchev–Trinajstić information content (AvgIpc) is 3.32. The molecule has 0 spiro atoms. The Labute approximate surface area is 222 Å². The van der Waals surface area contributed by atoms with Gasteiger partial charge in [-0.05, 0) is 47.4 Å². The summed E-state index contributed by atoms with van der Waals surface area (Å²) in [5.74, 6) is -1.46. The quantitative estimate of drug-likeness (QED) is 0.296. The zero-order chi connectivity index (χ0) is 27.9. The van der Waals surface area contributed by atoms with Crippen molar-refractivity contribution in [1.29, 1.82) is 0 Å². The van der Waals surface area contributed by atoms with Crippen LogP contribution in [0.4, 0.5) is 16.0 Å². The number of carbonyl (C=O) groups is 1. The molecule has 0 aliphatic rings. The van der Waals surface area contributed by atoms with Crippen molar-refractivity contribution in [3.63, 3.8) is 0 Å². The number of nitrogens with one attached hydrogen (secondary N) is 1. The second-order valence-electron chi connectivity index (χ2n) is 9.95. The number of anilines is 2. The van der Waals surface area contributed by atoms with Gasteiger partial charge in [0.05, 0.1) is 29.6 Å². The minimum Gasteiger partial charge on any atom is -0.477 e. The molecule has 5 rings (SSSR count). The van der Waals surface area contributed by atoms with Gasteiger partial charge in [-0.25, -0.2) is 18.9 Å². The van der Waals surface area contributed by atoms with Crippen LogP contribution in [0.3, 0.4) is 0 Å². The second-order valence-corrected chi connectivity index (χ2v) is 9.95. The van der Waals surface area contributed by atoms with E-state index in [0.29, 0.717) is 16.9 Å². The maximum Gasteiger partial charge on any atom is 0.341 e. The van der Waals surface area contributed by atoms with Gasteiger partial charge in [0.2, 0.25) is 0 Å². The number of fused-ring (bicyclic) bond motifs is 1. The normalized spacial score (nSPS) is 11.6. The highest BCUT2D eigenvalue weighted by Crippen LogP contribution is 2.28. The molecule has 10 nitrogen and oxygen atoms in total. The largest absolute Gasteiger partial charge is 0.477 e. The number of carboxylic acid groups (broad SMARTS) is 1. The highest BCUT2D eigenvalue weighted by Gasteiger charge is 2.22. The molecule has 3 N–H and O–H groups in total. The molecule has 0 saturated heterocycles. The van der Waals surface area contributed by atoms with Crippen molar-refractivity contribution < 1.29 is 19.4 Å². The predicted octanol–water partition coefficient (Wildman–Crippen LogP) is 4.34. The fourth-order valence-corrected chi connectivity index (χ4v) is 4.28. The van der Waals surface area contributed by atoms with Crippen molar-refractivity contribution in [3.05, 3.63) is 100.0 Å². The first-order valence-corrected chi connectivity index (χ1v) is 12.0. The molecule has 0 aliphatic heterocycles. The van der Waals surface area contributed by atoms with E-state index in [9.17, 15) is 19.8 Å². The summed E-state index contributed by atoms with van der Waals surface area (Å²) >= 11 is 0.